The van der Waals surface area contributed by atoms with Gasteiger partial charge in [-0.3, -0.25) is 0 Å². The van der Waals surface area contributed by atoms with Gasteiger partial charge in [0.05, 0.1) is 12.9 Å². The molecular weight excluding hydrogens is 248 g/mol. The Morgan fingerprint density at radius 1 is 1.53 bits per heavy atom. The summed E-state index contributed by atoms with van der Waals surface area (Å²) in [5, 5.41) is 26.6. The van der Waals surface area contributed by atoms with Crippen molar-refractivity contribution in [1.29, 1.82) is 10.5 Å². The summed E-state index contributed by atoms with van der Waals surface area (Å²) in [4.78, 5) is 14.7. The third-order valence-corrected chi connectivity index (χ3v) is 2.57. The van der Waals surface area contributed by atoms with Gasteiger partial charge in [0, 0.05) is 0 Å². The predicted octanol–water partition coefficient (Wildman–Crippen LogP) is 1.27. The second kappa shape index (κ2) is 4.67. The molecule has 0 atom stereocenters. The first kappa shape index (κ1) is 12.4. The number of aromatic nitrogens is 2. The highest BCUT2D eigenvalue weighted by atomic mass is 16.4. The van der Waals surface area contributed by atoms with Crippen molar-refractivity contribution in [2.45, 2.75) is 13.5 Å². The van der Waals surface area contributed by atoms with Crippen LogP contribution < -0.4 is 0 Å². The number of nitrogens with zero attached hydrogens (tertiary/aromatic N) is 4. The lowest BCUT2D eigenvalue weighted by Gasteiger charge is -1.99. The molecule has 0 aromatic carbocycles. The highest BCUT2D eigenvalue weighted by Gasteiger charge is 2.16. The Morgan fingerprint density at radius 2 is 2.26 bits per heavy atom. The van der Waals surface area contributed by atoms with Crippen molar-refractivity contribution in [3.05, 3.63) is 40.9 Å². The standard InChI is InChI=1S/C12H8N4O3/c1-7-9(12(17)18)2-8(19-7)5-16-6-15-10(3-13)11(16)4-14/h2,6H,5H2,1H3,(H,17,18). The van der Waals surface area contributed by atoms with E-state index in [0.717, 1.165) is 0 Å². The smallest absolute Gasteiger partial charge is 0.339 e. The van der Waals surface area contributed by atoms with E-state index in [0.29, 0.717) is 11.5 Å². The number of imidazole rings is 1. The predicted molar refractivity (Wildman–Crippen MR) is 61.2 cm³/mol. The highest BCUT2D eigenvalue weighted by molar-refractivity contribution is 5.88. The number of carboxylic acids is 1. The number of carbonyl (C=O) groups is 1. The fourth-order valence-electron chi connectivity index (χ4n) is 1.70. The topological polar surface area (TPSA) is 116 Å². The zero-order chi connectivity index (χ0) is 14.0. The van der Waals surface area contributed by atoms with Crippen molar-refractivity contribution >= 4 is 5.97 Å². The maximum Gasteiger partial charge on any atom is 0.339 e. The number of nitriles is 2. The third kappa shape index (κ3) is 2.17. The fraction of sp³-hybridized carbons (Fsp3) is 0.167. The van der Waals surface area contributed by atoms with Gasteiger partial charge in [0.25, 0.3) is 0 Å². The number of rotatable bonds is 3. The number of carboxylic acid groups (broad SMARTS) is 1. The second-order valence-electron chi connectivity index (χ2n) is 3.78. The summed E-state index contributed by atoms with van der Waals surface area (Å²) >= 11 is 0. The molecule has 1 N–H and O–H groups in total. The van der Waals surface area contributed by atoms with Crippen LogP contribution in [-0.2, 0) is 6.54 Å². The van der Waals surface area contributed by atoms with Gasteiger partial charge in [-0.15, -0.1) is 0 Å². The molecule has 7 heteroatoms. The van der Waals surface area contributed by atoms with Gasteiger partial charge >= 0.3 is 5.97 Å². The van der Waals surface area contributed by atoms with Gasteiger partial charge in [0.15, 0.2) is 11.4 Å². The minimum Gasteiger partial charge on any atom is -0.478 e. The highest BCUT2D eigenvalue weighted by Crippen LogP contribution is 2.17. The Bertz CT molecular complexity index is 727. The minimum atomic E-state index is -1.07. The molecule has 0 aliphatic carbocycles. The number of aromatic carboxylic acids is 1. The van der Waals surface area contributed by atoms with E-state index in [4.69, 9.17) is 20.0 Å². The molecule has 7 nitrogen and oxygen atoms in total. The van der Waals surface area contributed by atoms with Crippen LogP contribution in [0, 0.1) is 29.6 Å². The Hall–Kier alpha value is -3.06. The van der Waals surface area contributed by atoms with Crippen LogP contribution in [0.25, 0.3) is 0 Å². The average Bonchev–Trinajstić information content (AvgIpc) is 2.92. The summed E-state index contributed by atoms with van der Waals surface area (Å²) in [6, 6.07) is 5.08. The van der Waals surface area contributed by atoms with Gasteiger partial charge in [0.1, 0.15) is 29.2 Å². The van der Waals surface area contributed by atoms with Crippen LogP contribution in [0.5, 0.6) is 0 Å². The van der Waals surface area contributed by atoms with Crippen molar-refractivity contribution < 1.29 is 14.3 Å². The summed E-state index contributed by atoms with van der Waals surface area (Å²) in [6.07, 6.45) is 1.34. The molecule has 0 bridgehead atoms. The quantitative estimate of drug-likeness (QED) is 0.883. The van der Waals surface area contributed by atoms with Crippen molar-refractivity contribution in [2.24, 2.45) is 0 Å². The van der Waals surface area contributed by atoms with Gasteiger partial charge in [-0.25, -0.2) is 9.78 Å². The van der Waals surface area contributed by atoms with E-state index in [9.17, 15) is 4.79 Å². The summed E-state index contributed by atoms with van der Waals surface area (Å²) in [5.74, 6) is -0.397. The number of hydrogen-bond acceptors (Lipinski definition) is 5. The van der Waals surface area contributed by atoms with Crippen LogP contribution in [0.1, 0.15) is 33.3 Å². The molecule has 2 aromatic heterocycles. The van der Waals surface area contributed by atoms with Crippen molar-refractivity contribution in [3.8, 4) is 12.1 Å². The zero-order valence-electron chi connectivity index (χ0n) is 9.91. The lowest BCUT2D eigenvalue weighted by Crippen LogP contribution is -2.00. The lowest BCUT2D eigenvalue weighted by molar-refractivity contribution is 0.0695. The molecule has 0 amide bonds. The fourth-order valence-corrected chi connectivity index (χ4v) is 1.70. The zero-order valence-corrected chi connectivity index (χ0v) is 9.91. The molecule has 2 heterocycles. The van der Waals surface area contributed by atoms with Crippen LogP contribution in [0.15, 0.2) is 16.8 Å². The molecule has 0 aliphatic rings. The normalized spacial score (nSPS) is 9.84. The molecular formula is C12H8N4O3. The van der Waals surface area contributed by atoms with Crippen molar-refractivity contribution in [2.75, 3.05) is 0 Å². The van der Waals surface area contributed by atoms with Crippen molar-refractivity contribution in [1.82, 2.24) is 9.55 Å². The minimum absolute atomic E-state index is 0.0317. The van der Waals surface area contributed by atoms with E-state index in [2.05, 4.69) is 4.98 Å². The van der Waals surface area contributed by atoms with E-state index in [-0.39, 0.29) is 23.5 Å². The Kier molecular flexibility index (Phi) is 3.05. The molecule has 0 spiro atoms. The second-order valence-corrected chi connectivity index (χ2v) is 3.78. The summed E-state index contributed by atoms with van der Waals surface area (Å²) in [5.41, 5.74) is 0.229. The van der Waals surface area contributed by atoms with Crippen LogP contribution >= 0.6 is 0 Å². The lowest BCUT2D eigenvalue weighted by atomic mass is 10.2. The molecule has 0 saturated carbocycles. The van der Waals surface area contributed by atoms with Gasteiger partial charge in [-0.2, -0.15) is 10.5 Å². The Morgan fingerprint density at radius 3 is 2.79 bits per heavy atom. The van der Waals surface area contributed by atoms with E-state index in [1.165, 1.54) is 17.0 Å². The van der Waals surface area contributed by atoms with Gasteiger partial charge in [-0.1, -0.05) is 0 Å². The first-order valence-corrected chi connectivity index (χ1v) is 5.24. The number of hydrogen-bond donors (Lipinski definition) is 1. The third-order valence-electron chi connectivity index (χ3n) is 2.57. The molecule has 2 aromatic rings. The van der Waals surface area contributed by atoms with Crippen LogP contribution in [-0.4, -0.2) is 20.6 Å². The van der Waals surface area contributed by atoms with Crippen molar-refractivity contribution in [3.63, 3.8) is 0 Å². The van der Waals surface area contributed by atoms with E-state index in [1.807, 2.05) is 12.1 Å². The molecule has 0 saturated heterocycles. The van der Waals surface area contributed by atoms with E-state index in [1.54, 1.807) is 6.92 Å². The molecule has 0 unspecified atom stereocenters. The summed E-state index contributed by atoms with van der Waals surface area (Å²) in [7, 11) is 0. The van der Waals surface area contributed by atoms with E-state index < -0.39 is 5.97 Å². The van der Waals surface area contributed by atoms with E-state index >= 15 is 0 Å². The Balaban J connectivity index is 2.35. The first-order chi connectivity index (χ1) is 9.06. The summed E-state index contributed by atoms with van der Waals surface area (Å²) < 4.78 is 6.73. The molecule has 94 valence electrons. The summed E-state index contributed by atoms with van der Waals surface area (Å²) in [6.45, 7) is 1.69. The van der Waals surface area contributed by atoms with Crippen LogP contribution in [0.4, 0.5) is 0 Å². The molecule has 0 aliphatic heterocycles. The van der Waals surface area contributed by atoms with Crippen LogP contribution in [0.2, 0.25) is 0 Å². The first-order valence-electron chi connectivity index (χ1n) is 5.24. The molecule has 0 radical (unpaired) electrons. The molecule has 0 fully saturated rings. The SMILES string of the molecule is Cc1oc(Cn2cnc(C#N)c2C#N)cc1C(=O)O. The van der Waals surface area contributed by atoms with Gasteiger partial charge < -0.3 is 14.1 Å². The van der Waals surface area contributed by atoms with Gasteiger partial charge in [0.2, 0.25) is 0 Å². The molecule has 2 rings (SSSR count). The monoisotopic (exact) mass is 256 g/mol. The number of aryl methyl sites for hydroxylation is 1. The van der Waals surface area contributed by atoms with Gasteiger partial charge in [-0.05, 0) is 13.0 Å². The largest absolute Gasteiger partial charge is 0.478 e. The molecule has 19 heavy (non-hydrogen) atoms. The maximum absolute atomic E-state index is 10.9. The number of furan rings is 1. The Labute approximate surface area is 107 Å². The van der Waals surface area contributed by atoms with Crippen LogP contribution in [0.3, 0.4) is 0 Å². The average molecular weight is 256 g/mol. The maximum atomic E-state index is 10.9.